The lowest BCUT2D eigenvalue weighted by Crippen LogP contribution is -2.41. The third-order valence-electron chi connectivity index (χ3n) is 6.24. The third-order valence-corrected chi connectivity index (χ3v) is 6.24. The number of ether oxygens (including phenoxy) is 3. The highest BCUT2D eigenvalue weighted by Gasteiger charge is 2.22. The van der Waals surface area contributed by atoms with E-state index in [0.717, 1.165) is 57.9 Å². The summed E-state index contributed by atoms with van der Waals surface area (Å²) in [4.78, 5) is 2.58. The molecule has 4 rings (SSSR count). The average Bonchev–Trinajstić information content (AvgIpc) is 2.76. The maximum absolute atomic E-state index is 6.13. The lowest BCUT2D eigenvalue weighted by atomic mass is 9.96. The molecule has 2 heterocycles. The summed E-state index contributed by atoms with van der Waals surface area (Å²) in [7, 11) is 0. The Morgan fingerprint density at radius 2 is 1.67 bits per heavy atom. The Morgan fingerprint density at radius 3 is 2.50 bits per heavy atom. The first-order chi connectivity index (χ1) is 14.7. The summed E-state index contributed by atoms with van der Waals surface area (Å²) in [5, 5.41) is 0. The van der Waals surface area contributed by atoms with Crippen molar-refractivity contribution in [2.75, 3.05) is 39.6 Å². The molecule has 0 radical (unpaired) electrons. The molecule has 0 atom stereocenters. The van der Waals surface area contributed by atoms with Crippen LogP contribution in [0.15, 0.2) is 42.5 Å². The van der Waals surface area contributed by atoms with E-state index >= 15 is 0 Å². The zero-order chi connectivity index (χ0) is 20.8. The standard InChI is InChI=1S/C26H35NO3/c1-20(2)23-6-7-26-24(18-23)17-21-4-3-5-22(16-21)19-27(10-13-29-14-15-30-26)25-8-11-28-12-9-25/h3-7,16,18,20,25H,8-15,17,19H2,1-2H3. The van der Waals surface area contributed by atoms with Crippen LogP contribution in [0.4, 0.5) is 0 Å². The highest BCUT2D eigenvalue weighted by atomic mass is 16.5. The second kappa shape index (κ2) is 10.4. The van der Waals surface area contributed by atoms with Crippen LogP contribution in [0, 0.1) is 0 Å². The maximum Gasteiger partial charge on any atom is 0.122 e. The minimum absolute atomic E-state index is 0.506. The number of hydrogen-bond donors (Lipinski definition) is 0. The van der Waals surface area contributed by atoms with Gasteiger partial charge in [0.1, 0.15) is 12.4 Å². The second-order valence-electron chi connectivity index (χ2n) is 8.79. The van der Waals surface area contributed by atoms with Crippen molar-refractivity contribution in [3.63, 3.8) is 0 Å². The van der Waals surface area contributed by atoms with Gasteiger partial charge in [0, 0.05) is 38.8 Å². The Balaban J connectivity index is 1.60. The van der Waals surface area contributed by atoms with Gasteiger partial charge >= 0.3 is 0 Å². The average molecular weight is 410 g/mol. The van der Waals surface area contributed by atoms with Crippen LogP contribution in [0.2, 0.25) is 0 Å². The van der Waals surface area contributed by atoms with E-state index in [1.807, 2.05) is 0 Å². The molecule has 0 unspecified atom stereocenters. The summed E-state index contributed by atoms with van der Waals surface area (Å²) in [6.07, 6.45) is 3.10. The van der Waals surface area contributed by atoms with Crippen molar-refractivity contribution in [1.82, 2.24) is 4.90 Å². The molecule has 0 aliphatic carbocycles. The van der Waals surface area contributed by atoms with Crippen molar-refractivity contribution in [2.24, 2.45) is 0 Å². The van der Waals surface area contributed by atoms with Gasteiger partial charge in [0.25, 0.3) is 0 Å². The molecule has 2 aromatic carbocycles. The lowest BCUT2D eigenvalue weighted by Gasteiger charge is -2.34. The van der Waals surface area contributed by atoms with Crippen LogP contribution in [-0.4, -0.2) is 50.5 Å². The van der Waals surface area contributed by atoms with Crippen LogP contribution < -0.4 is 4.74 Å². The summed E-state index contributed by atoms with van der Waals surface area (Å²) >= 11 is 0. The van der Waals surface area contributed by atoms with Crippen molar-refractivity contribution in [2.45, 2.75) is 51.6 Å². The summed E-state index contributed by atoms with van der Waals surface area (Å²) in [5.41, 5.74) is 5.34. The monoisotopic (exact) mass is 409 g/mol. The van der Waals surface area contributed by atoms with Gasteiger partial charge in [-0.3, -0.25) is 4.90 Å². The third kappa shape index (κ3) is 5.63. The van der Waals surface area contributed by atoms with Crippen LogP contribution in [0.25, 0.3) is 0 Å². The molecule has 2 bridgehead atoms. The quantitative estimate of drug-likeness (QED) is 0.714. The first-order valence-electron chi connectivity index (χ1n) is 11.4. The van der Waals surface area contributed by atoms with E-state index < -0.39 is 0 Å². The van der Waals surface area contributed by atoms with Gasteiger partial charge in [0.2, 0.25) is 0 Å². The largest absolute Gasteiger partial charge is 0.491 e. The summed E-state index contributed by atoms with van der Waals surface area (Å²) in [6.45, 7) is 10.1. The fraction of sp³-hybridized carbons (Fsp3) is 0.538. The molecule has 2 aromatic rings. The second-order valence-corrected chi connectivity index (χ2v) is 8.79. The number of fused-ring (bicyclic) bond motifs is 3. The highest BCUT2D eigenvalue weighted by Crippen LogP contribution is 2.27. The van der Waals surface area contributed by atoms with Crippen LogP contribution in [-0.2, 0) is 22.4 Å². The summed E-state index contributed by atoms with van der Waals surface area (Å²) in [5.74, 6) is 1.49. The fourth-order valence-corrected chi connectivity index (χ4v) is 4.47. The molecule has 1 saturated heterocycles. The van der Waals surface area contributed by atoms with Gasteiger partial charge in [-0.1, -0.05) is 50.2 Å². The van der Waals surface area contributed by atoms with Gasteiger partial charge < -0.3 is 14.2 Å². The van der Waals surface area contributed by atoms with Gasteiger partial charge in [0.05, 0.1) is 13.2 Å². The van der Waals surface area contributed by atoms with E-state index in [0.29, 0.717) is 25.2 Å². The Hall–Kier alpha value is -1.88. The zero-order valence-electron chi connectivity index (χ0n) is 18.4. The van der Waals surface area contributed by atoms with Crippen molar-refractivity contribution in [1.29, 1.82) is 0 Å². The van der Waals surface area contributed by atoms with Crippen molar-refractivity contribution < 1.29 is 14.2 Å². The van der Waals surface area contributed by atoms with E-state index in [1.54, 1.807) is 0 Å². The van der Waals surface area contributed by atoms with Crippen molar-refractivity contribution in [3.05, 3.63) is 64.7 Å². The maximum atomic E-state index is 6.13. The molecule has 2 aliphatic rings. The van der Waals surface area contributed by atoms with E-state index in [4.69, 9.17) is 14.2 Å². The molecule has 1 fully saturated rings. The van der Waals surface area contributed by atoms with Gasteiger partial charge in [-0.05, 0) is 47.1 Å². The Bertz CT molecular complexity index is 814. The fourth-order valence-electron chi connectivity index (χ4n) is 4.47. The topological polar surface area (TPSA) is 30.9 Å². The minimum Gasteiger partial charge on any atom is -0.491 e. The van der Waals surface area contributed by atoms with E-state index in [2.05, 4.69) is 61.2 Å². The zero-order valence-corrected chi connectivity index (χ0v) is 18.4. The Kier molecular flexibility index (Phi) is 7.42. The van der Waals surface area contributed by atoms with Gasteiger partial charge in [-0.2, -0.15) is 0 Å². The van der Waals surface area contributed by atoms with Gasteiger partial charge in [-0.15, -0.1) is 0 Å². The molecule has 4 heteroatoms. The normalized spacial score (nSPS) is 19.7. The molecular formula is C26H35NO3. The van der Waals surface area contributed by atoms with Crippen LogP contribution in [0.1, 0.15) is 54.9 Å². The van der Waals surface area contributed by atoms with Gasteiger partial charge in [0.15, 0.2) is 0 Å². The molecular weight excluding hydrogens is 374 g/mol. The highest BCUT2D eigenvalue weighted by molar-refractivity contribution is 5.42. The van der Waals surface area contributed by atoms with Crippen molar-refractivity contribution in [3.8, 4) is 5.75 Å². The lowest BCUT2D eigenvalue weighted by molar-refractivity contribution is 0.0133. The summed E-state index contributed by atoms with van der Waals surface area (Å²) in [6, 6.07) is 16.3. The first-order valence-corrected chi connectivity index (χ1v) is 11.4. The van der Waals surface area contributed by atoms with Crippen LogP contribution in [0.5, 0.6) is 5.75 Å². The van der Waals surface area contributed by atoms with E-state index in [-0.39, 0.29) is 0 Å². The smallest absolute Gasteiger partial charge is 0.122 e. The number of nitrogens with zero attached hydrogens (tertiary/aromatic N) is 1. The van der Waals surface area contributed by atoms with Crippen LogP contribution >= 0.6 is 0 Å². The van der Waals surface area contributed by atoms with Crippen LogP contribution in [0.3, 0.4) is 0 Å². The number of benzene rings is 2. The molecule has 0 aromatic heterocycles. The molecule has 162 valence electrons. The minimum atomic E-state index is 0.506. The predicted molar refractivity (Wildman–Crippen MR) is 120 cm³/mol. The number of rotatable bonds is 2. The van der Waals surface area contributed by atoms with Crippen molar-refractivity contribution >= 4 is 0 Å². The number of hydrogen-bond acceptors (Lipinski definition) is 4. The molecule has 0 amide bonds. The molecule has 2 aliphatic heterocycles. The molecule has 30 heavy (non-hydrogen) atoms. The van der Waals surface area contributed by atoms with E-state index in [1.165, 1.54) is 22.3 Å². The summed E-state index contributed by atoms with van der Waals surface area (Å²) < 4.78 is 17.6. The molecule has 4 nitrogen and oxygen atoms in total. The van der Waals surface area contributed by atoms with E-state index in [9.17, 15) is 0 Å². The Morgan fingerprint density at radius 1 is 0.867 bits per heavy atom. The SMILES string of the molecule is CC(C)c1ccc2c(c1)Cc1cccc(c1)CN(C1CCOCC1)CCOCCO2. The molecule has 0 spiro atoms. The first kappa shape index (κ1) is 21.4. The molecule has 0 N–H and O–H groups in total. The molecule has 0 saturated carbocycles. The predicted octanol–water partition coefficient (Wildman–Crippen LogP) is 4.79. The van der Waals surface area contributed by atoms with Gasteiger partial charge in [-0.25, -0.2) is 0 Å². The Labute approximate surface area is 181 Å².